The van der Waals surface area contributed by atoms with Gasteiger partial charge in [-0.1, -0.05) is 57.2 Å². The number of carbonyl (C=O) groups excluding carboxylic acids is 1. The van der Waals surface area contributed by atoms with E-state index >= 15 is 0 Å². The first-order chi connectivity index (χ1) is 10.4. The number of hydrogen-bond donors (Lipinski definition) is 1. The molecule has 0 spiro atoms. The number of ether oxygens (including phenoxy) is 1. The summed E-state index contributed by atoms with van der Waals surface area (Å²) in [5, 5.41) is 12.0. The molecular weight excluding hydrogens is 298 g/mol. The Morgan fingerprint density at radius 1 is 1.27 bits per heavy atom. The number of aromatic nitrogens is 2. The molecule has 118 valence electrons. The van der Waals surface area contributed by atoms with Crippen LogP contribution in [0.25, 0.3) is 0 Å². The summed E-state index contributed by atoms with van der Waals surface area (Å²) in [7, 11) is 0. The molecular formula is C16H21N3O2S. The second-order valence-corrected chi connectivity index (χ2v) is 7.00. The maximum atomic E-state index is 11.9. The molecule has 0 aliphatic rings. The number of para-hydroxylation sites is 1. The first-order valence-electron chi connectivity index (χ1n) is 7.24. The van der Waals surface area contributed by atoms with Gasteiger partial charge in [0.1, 0.15) is 10.8 Å². The van der Waals surface area contributed by atoms with Crippen LogP contribution < -0.4 is 10.1 Å². The Bertz CT molecular complexity index is 647. The maximum Gasteiger partial charge on any atom is 0.264 e. The van der Waals surface area contributed by atoms with Gasteiger partial charge < -0.3 is 4.74 Å². The van der Waals surface area contributed by atoms with Crippen molar-refractivity contribution in [2.24, 2.45) is 0 Å². The average Bonchev–Trinajstić information content (AvgIpc) is 2.92. The van der Waals surface area contributed by atoms with Crippen LogP contribution in [-0.2, 0) is 16.6 Å². The number of anilines is 1. The third kappa shape index (κ3) is 4.27. The first-order valence-corrected chi connectivity index (χ1v) is 8.06. The van der Waals surface area contributed by atoms with Crippen LogP contribution in [0.4, 0.5) is 5.13 Å². The minimum atomic E-state index is -0.234. The van der Waals surface area contributed by atoms with E-state index in [1.165, 1.54) is 11.3 Å². The lowest BCUT2D eigenvalue weighted by Gasteiger charge is -2.22. The zero-order valence-electron chi connectivity index (χ0n) is 13.3. The van der Waals surface area contributed by atoms with E-state index < -0.39 is 0 Å². The molecule has 0 bridgehead atoms. The van der Waals surface area contributed by atoms with E-state index in [1.54, 1.807) is 0 Å². The zero-order chi connectivity index (χ0) is 16.2. The molecule has 0 atom stereocenters. The fourth-order valence-electron chi connectivity index (χ4n) is 1.96. The third-order valence-electron chi connectivity index (χ3n) is 3.07. The molecule has 1 N–H and O–H groups in total. The van der Waals surface area contributed by atoms with Crippen molar-refractivity contribution >= 4 is 22.4 Å². The van der Waals surface area contributed by atoms with Crippen molar-refractivity contribution in [2.75, 3.05) is 11.9 Å². The van der Waals surface area contributed by atoms with Gasteiger partial charge in [-0.2, -0.15) is 0 Å². The van der Waals surface area contributed by atoms with Crippen molar-refractivity contribution in [1.29, 1.82) is 0 Å². The van der Waals surface area contributed by atoms with Crippen molar-refractivity contribution in [3.63, 3.8) is 0 Å². The molecule has 6 heteroatoms. The number of aryl methyl sites for hydroxylation is 1. The normalized spacial score (nSPS) is 11.3. The molecule has 1 heterocycles. The summed E-state index contributed by atoms with van der Waals surface area (Å²) >= 11 is 1.38. The molecule has 1 aromatic carbocycles. The summed E-state index contributed by atoms with van der Waals surface area (Å²) in [4.78, 5) is 11.9. The van der Waals surface area contributed by atoms with Crippen LogP contribution in [0, 0.1) is 0 Å². The lowest BCUT2D eigenvalue weighted by atomic mass is 9.86. The van der Waals surface area contributed by atoms with Crippen molar-refractivity contribution < 1.29 is 9.53 Å². The largest absolute Gasteiger partial charge is 0.483 e. The van der Waals surface area contributed by atoms with E-state index in [9.17, 15) is 4.79 Å². The molecule has 0 aliphatic heterocycles. The summed E-state index contributed by atoms with van der Waals surface area (Å²) < 4.78 is 5.68. The summed E-state index contributed by atoms with van der Waals surface area (Å²) in [6, 6.07) is 7.78. The van der Waals surface area contributed by atoms with Gasteiger partial charge in [-0.25, -0.2) is 0 Å². The maximum absolute atomic E-state index is 11.9. The number of rotatable bonds is 5. The van der Waals surface area contributed by atoms with Crippen molar-refractivity contribution in [1.82, 2.24) is 10.2 Å². The summed E-state index contributed by atoms with van der Waals surface area (Å²) in [6.45, 7) is 8.29. The third-order valence-corrected chi connectivity index (χ3v) is 4.05. The van der Waals surface area contributed by atoms with E-state index in [4.69, 9.17) is 4.74 Å². The Balaban J connectivity index is 1.97. The lowest BCUT2D eigenvalue weighted by Crippen LogP contribution is -2.21. The van der Waals surface area contributed by atoms with Gasteiger partial charge >= 0.3 is 0 Å². The summed E-state index contributed by atoms with van der Waals surface area (Å²) in [5.41, 5.74) is 1.04. The second-order valence-electron chi connectivity index (χ2n) is 5.94. The molecule has 0 unspecified atom stereocenters. The molecule has 0 fully saturated rings. The lowest BCUT2D eigenvalue weighted by molar-refractivity contribution is -0.118. The molecule has 0 saturated carbocycles. The van der Waals surface area contributed by atoms with Gasteiger partial charge in [0.05, 0.1) is 0 Å². The van der Waals surface area contributed by atoms with Crippen molar-refractivity contribution in [2.45, 2.75) is 39.5 Å². The van der Waals surface area contributed by atoms with Gasteiger partial charge in [0.2, 0.25) is 5.13 Å². The topological polar surface area (TPSA) is 64.1 Å². The van der Waals surface area contributed by atoms with E-state index in [1.807, 2.05) is 31.2 Å². The molecule has 2 aromatic rings. The highest BCUT2D eigenvalue weighted by Gasteiger charge is 2.19. The Hall–Kier alpha value is -1.95. The summed E-state index contributed by atoms with van der Waals surface area (Å²) in [6.07, 6.45) is 0.809. The van der Waals surface area contributed by atoms with E-state index in [0.29, 0.717) is 5.13 Å². The van der Waals surface area contributed by atoms with Gasteiger partial charge in [-0.3, -0.25) is 10.1 Å². The monoisotopic (exact) mass is 319 g/mol. The Labute approximate surface area is 134 Å². The van der Waals surface area contributed by atoms with Crippen LogP contribution in [0.5, 0.6) is 5.75 Å². The molecule has 22 heavy (non-hydrogen) atoms. The highest BCUT2D eigenvalue weighted by molar-refractivity contribution is 7.15. The van der Waals surface area contributed by atoms with Gasteiger partial charge in [0.25, 0.3) is 5.91 Å². The fourth-order valence-corrected chi connectivity index (χ4v) is 2.65. The molecule has 0 saturated heterocycles. The minimum Gasteiger partial charge on any atom is -0.483 e. The van der Waals surface area contributed by atoms with Crippen molar-refractivity contribution in [3.8, 4) is 5.75 Å². The zero-order valence-corrected chi connectivity index (χ0v) is 14.2. The smallest absolute Gasteiger partial charge is 0.264 e. The van der Waals surface area contributed by atoms with Crippen LogP contribution in [0.1, 0.15) is 38.3 Å². The number of benzene rings is 1. The highest BCUT2D eigenvalue weighted by atomic mass is 32.1. The number of carbonyl (C=O) groups is 1. The predicted octanol–water partition coefficient (Wildman–Crippen LogP) is 3.42. The van der Waals surface area contributed by atoms with Gasteiger partial charge in [0.15, 0.2) is 6.61 Å². The Kier molecular flexibility index (Phi) is 5.13. The van der Waals surface area contributed by atoms with E-state index in [2.05, 4.69) is 36.3 Å². The quantitative estimate of drug-likeness (QED) is 0.917. The molecule has 5 nitrogen and oxygen atoms in total. The first kappa shape index (κ1) is 16.4. The van der Waals surface area contributed by atoms with E-state index in [0.717, 1.165) is 22.7 Å². The SMILES string of the molecule is CCc1nnc(NC(=O)COc2ccccc2C(C)(C)C)s1. The van der Waals surface area contributed by atoms with Gasteiger partial charge in [-0.15, -0.1) is 10.2 Å². The Morgan fingerprint density at radius 3 is 2.64 bits per heavy atom. The average molecular weight is 319 g/mol. The molecule has 0 radical (unpaired) electrons. The fraction of sp³-hybridized carbons (Fsp3) is 0.438. The van der Waals surface area contributed by atoms with Crippen LogP contribution >= 0.6 is 11.3 Å². The van der Waals surface area contributed by atoms with Crippen LogP contribution in [0.2, 0.25) is 0 Å². The summed E-state index contributed by atoms with van der Waals surface area (Å²) in [5.74, 6) is 0.499. The van der Waals surface area contributed by atoms with Crippen LogP contribution in [-0.4, -0.2) is 22.7 Å². The number of nitrogens with one attached hydrogen (secondary N) is 1. The van der Waals surface area contributed by atoms with Crippen LogP contribution in [0.3, 0.4) is 0 Å². The highest BCUT2D eigenvalue weighted by Crippen LogP contribution is 2.30. The number of amides is 1. The number of hydrogen-bond acceptors (Lipinski definition) is 5. The van der Waals surface area contributed by atoms with E-state index in [-0.39, 0.29) is 17.9 Å². The number of nitrogens with zero attached hydrogens (tertiary/aromatic N) is 2. The predicted molar refractivity (Wildman–Crippen MR) is 88.6 cm³/mol. The standard InChI is InChI=1S/C16H21N3O2S/c1-5-14-18-19-15(22-14)17-13(20)10-21-12-9-7-6-8-11(12)16(2,3)4/h6-9H,5,10H2,1-4H3,(H,17,19,20). The molecule has 1 amide bonds. The molecule has 2 rings (SSSR count). The second kappa shape index (κ2) is 6.87. The minimum absolute atomic E-state index is 0.0394. The molecule has 0 aliphatic carbocycles. The van der Waals surface area contributed by atoms with Gasteiger partial charge in [-0.05, 0) is 23.5 Å². The molecule has 1 aromatic heterocycles. The Morgan fingerprint density at radius 2 is 2.00 bits per heavy atom. The van der Waals surface area contributed by atoms with Crippen molar-refractivity contribution in [3.05, 3.63) is 34.8 Å². The van der Waals surface area contributed by atoms with Gasteiger partial charge in [0, 0.05) is 0 Å². The van der Waals surface area contributed by atoms with Crippen LogP contribution in [0.15, 0.2) is 24.3 Å².